The van der Waals surface area contributed by atoms with Crippen LogP contribution in [0.1, 0.15) is 6.42 Å². The lowest BCUT2D eigenvalue weighted by Gasteiger charge is -2.25. The number of rotatable bonds is 7. The Bertz CT molecular complexity index is 170. The molecule has 0 radical (unpaired) electrons. The zero-order valence-electron chi connectivity index (χ0n) is 8.20. The summed E-state index contributed by atoms with van der Waals surface area (Å²) in [5, 5.41) is 11.1. The van der Waals surface area contributed by atoms with Gasteiger partial charge in [0.1, 0.15) is 0 Å². The number of aliphatic hydroxyl groups excluding tert-OH is 1. The highest BCUT2D eigenvalue weighted by molar-refractivity contribution is 5.76. The number of hydrogen-bond donors (Lipinski definition) is 2. The minimum atomic E-state index is 0.0212. The van der Waals surface area contributed by atoms with E-state index in [1.54, 1.807) is 0 Å². The van der Waals surface area contributed by atoms with Crippen molar-refractivity contribution in [1.29, 1.82) is 0 Å². The Morgan fingerprint density at radius 3 is 2.86 bits per heavy atom. The number of carbonyl (C=O) groups is 1. The zero-order chi connectivity index (χ0) is 10.2. The van der Waals surface area contributed by atoms with Crippen molar-refractivity contribution in [3.8, 4) is 0 Å². The third kappa shape index (κ3) is 4.55. The van der Waals surface area contributed by atoms with Gasteiger partial charge in [-0.3, -0.25) is 4.79 Å². The molecule has 1 amide bonds. The lowest BCUT2D eigenvalue weighted by molar-refractivity contribution is -0.126. The SMILES string of the molecule is O=C(CC1COC1)NCCOCCO. The molecule has 0 atom stereocenters. The van der Waals surface area contributed by atoms with Crippen molar-refractivity contribution in [2.45, 2.75) is 6.42 Å². The van der Waals surface area contributed by atoms with E-state index in [2.05, 4.69) is 5.32 Å². The van der Waals surface area contributed by atoms with Gasteiger partial charge in [0, 0.05) is 18.9 Å². The Morgan fingerprint density at radius 2 is 2.29 bits per heavy atom. The highest BCUT2D eigenvalue weighted by Crippen LogP contribution is 2.13. The van der Waals surface area contributed by atoms with Crippen LogP contribution in [0.15, 0.2) is 0 Å². The number of aliphatic hydroxyl groups is 1. The summed E-state index contributed by atoms with van der Waals surface area (Å²) in [6.45, 7) is 2.71. The van der Waals surface area contributed by atoms with Gasteiger partial charge in [-0.15, -0.1) is 0 Å². The van der Waals surface area contributed by atoms with Crippen LogP contribution in [0.3, 0.4) is 0 Å². The Labute approximate surface area is 83.4 Å². The molecule has 1 fully saturated rings. The van der Waals surface area contributed by atoms with Gasteiger partial charge in [0.25, 0.3) is 0 Å². The third-order valence-corrected chi connectivity index (χ3v) is 1.99. The van der Waals surface area contributed by atoms with Crippen LogP contribution in [0, 0.1) is 5.92 Å². The molecule has 0 spiro atoms. The van der Waals surface area contributed by atoms with Gasteiger partial charge < -0.3 is 19.9 Å². The van der Waals surface area contributed by atoms with Crippen LogP contribution in [0.2, 0.25) is 0 Å². The molecule has 82 valence electrons. The molecule has 0 aromatic heterocycles. The van der Waals surface area contributed by atoms with E-state index in [4.69, 9.17) is 14.6 Å². The molecular formula is C9H17NO4. The highest BCUT2D eigenvalue weighted by atomic mass is 16.5. The van der Waals surface area contributed by atoms with Gasteiger partial charge in [0.05, 0.1) is 33.0 Å². The van der Waals surface area contributed by atoms with E-state index >= 15 is 0 Å². The Morgan fingerprint density at radius 1 is 1.50 bits per heavy atom. The van der Waals surface area contributed by atoms with Gasteiger partial charge in [-0.1, -0.05) is 0 Å². The van der Waals surface area contributed by atoms with Crippen molar-refractivity contribution in [3.63, 3.8) is 0 Å². The van der Waals surface area contributed by atoms with Gasteiger partial charge >= 0.3 is 0 Å². The minimum Gasteiger partial charge on any atom is -0.394 e. The summed E-state index contributed by atoms with van der Waals surface area (Å²) in [5.41, 5.74) is 0. The lowest BCUT2D eigenvalue weighted by atomic mass is 10.0. The molecule has 0 bridgehead atoms. The minimum absolute atomic E-state index is 0.0212. The first-order valence-corrected chi connectivity index (χ1v) is 4.86. The molecule has 0 aromatic rings. The smallest absolute Gasteiger partial charge is 0.220 e. The molecule has 0 unspecified atom stereocenters. The molecule has 5 heteroatoms. The van der Waals surface area contributed by atoms with Crippen LogP contribution in [0.25, 0.3) is 0 Å². The van der Waals surface area contributed by atoms with Gasteiger partial charge in [0.2, 0.25) is 5.91 Å². The molecule has 0 aromatic carbocycles. The van der Waals surface area contributed by atoms with E-state index in [0.717, 1.165) is 0 Å². The summed E-state index contributed by atoms with van der Waals surface area (Å²) >= 11 is 0. The average molecular weight is 203 g/mol. The molecule has 2 N–H and O–H groups in total. The van der Waals surface area contributed by atoms with Gasteiger partial charge in [0.15, 0.2) is 0 Å². The normalized spacial score (nSPS) is 16.4. The number of amides is 1. The van der Waals surface area contributed by atoms with E-state index in [9.17, 15) is 4.79 Å². The molecule has 0 aliphatic carbocycles. The van der Waals surface area contributed by atoms with Crippen molar-refractivity contribution in [1.82, 2.24) is 5.32 Å². The Kier molecular flexibility index (Phi) is 5.51. The monoisotopic (exact) mass is 203 g/mol. The van der Waals surface area contributed by atoms with Gasteiger partial charge in [-0.05, 0) is 0 Å². The first kappa shape index (κ1) is 11.4. The molecule has 5 nitrogen and oxygen atoms in total. The fourth-order valence-corrected chi connectivity index (χ4v) is 1.17. The summed E-state index contributed by atoms with van der Waals surface area (Å²) in [5.74, 6) is 0.444. The molecular weight excluding hydrogens is 186 g/mol. The van der Waals surface area contributed by atoms with Crippen molar-refractivity contribution in [2.75, 3.05) is 39.6 Å². The number of ether oxygens (including phenoxy) is 2. The molecule has 1 saturated heterocycles. The lowest BCUT2D eigenvalue weighted by Crippen LogP contribution is -2.35. The van der Waals surface area contributed by atoms with Gasteiger partial charge in [-0.2, -0.15) is 0 Å². The summed E-state index contributed by atoms with van der Waals surface area (Å²) < 4.78 is 9.95. The van der Waals surface area contributed by atoms with Crippen molar-refractivity contribution in [2.24, 2.45) is 5.92 Å². The van der Waals surface area contributed by atoms with E-state index in [0.29, 0.717) is 45.3 Å². The van der Waals surface area contributed by atoms with Crippen LogP contribution in [0.5, 0.6) is 0 Å². The largest absolute Gasteiger partial charge is 0.394 e. The molecule has 1 heterocycles. The molecule has 14 heavy (non-hydrogen) atoms. The summed E-state index contributed by atoms with van der Waals surface area (Å²) in [6.07, 6.45) is 0.542. The fourth-order valence-electron chi connectivity index (χ4n) is 1.17. The molecule has 1 aliphatic heterocycles. The van der Waals surface area contributed by atoms with Crippen LogP contribution in [0.4, 0.5) is 0 Å². The number of nitrogens with one attached hydrogen (secondary N) is 1. The second kappa shape index (κ2) is 6.75. The first-order valence-electron chi connectivity index (χ1n) is 4.86. The van der Waals surface area contributed by atoms with E-state index in [1.165, 1.54) is 0 Å². The van der Waals surface area contributed by atoms with Crippen LogP contribution in [-0.2, 0) is 14.3 Å². The average Bonchev–Trinajstić information content (AvgIpc) is 2.11. The standard InChI is InChI=1S/C9H17NO4/c11-2-4-13-3-1-10-9(12)5-8-6-14-7-8/h8,11H,1-7H2,(H,10,12). The molecule has 0 saturated carbocycles. The topological polar surface area (TPSA) is 67.8 Å². The Hall–Kier alpha value is -0.650. The maximum absolute atomic E-state index is 11.2. The first-order chi connectivity index (χ1) is 6.83. The molecule has 1 rings (SSSR count). The van der Waals surface area contributed by atoms with Crippen molar-refractivity contribution in [3.05, 3.63) is 0 Å². The maximum atomic E-state index is 11.2. The third-order valence-electron chi connectivity index (χ3n) is 1.99. The van der Waals surface area contributed by atoms with Crippen LogP contribution < -0.4 is 5.32 Å². The second-order valence-corrected chi connectivity index (χ2v) is 3.29. The van der Waals surface area contributed by atoms with Gasteiger partial charge in [-0.25, -0.2) is 0 Å². The van der Waals surface area contributed by atoms with E-state index in [-0.39, 0.29) is 12.5 Å². The van der Waals surface area contributed by atoms with E-state index in [1.807, 2.05) is 0 Å². The highest BCUT2D eigenvalue weighted by Gasteiger charge is 2.21. The van der Waals surface area contributed by atoms with E-state index < -0.39 is 0 Å². The fraction of sp³-hybridized carbons (Fsp3) is 0.889. The molecule has 1 aliphatic rings. The predicted octanol–water partition coefficient (Wildman–Crippen LogP) is -0.852. The second-order valence-electron chi connectivity index (χ2n) is 3.29. The Balaban J connectivity index is 1.87. The summed E-state index contributed by atoms with van der Waals surface area (Å²) in [4.78, 5) is 11.2. The number of carbonyl (C=O) groups excluding carboxylic acids is 1. The number of hydrogen-bond acceptors (Lipinski definition) is 4. The quantitative estimate of drug-likeness (QED) is 0.529. The predicted molar refractivity (Wildman–Crippen MR) is 49.8 cm³/mol. The van der Waals surface area contributed by atoms with Crippen molar-refractivity contribution < 1.29 is 19.4 Å². The summed E-state index contributed by atoms with van der Waals surface area (Å²) in [6, 6.07) is 0. The van der Waals surface area contributed by atoms with Crippen molar-refractivity contribution >= 4 is 5.91 Å². The maximum Gasteiger partial charge on any atom is 0.220 e. The van der Waals surface area contributed by atoms with Crippen LogP contribution in [-0.4, -0.2) is 50.6 Å². The zero-order valence-corrected chi connectivity index (χ0v) is 8.20. The van der Waals surface area contributed by atoms with Crippen LogP contribution >= 0.6 is 0 Å². The summed E-state index contributed by atoms with van der Waals surface area (Å²) in [7, 11) is 0.